The van der Waals surface area contributed by atoms with Crippen LogP contribution in [0.2, 0.25) is 0 Å². The van der Waals surface area contributed by atoms with Gasteiger partial charge in [-0.15, -0.1) is 0 Å². The van der Waals surface area contributed by atoms with E-state index in [0.717, 1.165) is 18.2 Å². The Morgan fingerprint density at radius 3 is 2.47 bits per heavy atom. The molecule has 0 atom stereocenters. The quantitative estimate of drug-likeness (QED) is 0.573. The minimum atomic E-state index is -1.22. The van der Waals surface area contributed by atoms with Crippen LogP contribution in [0.25, 0.3) is 0 Å². The molecule has 19 heavy (non-hydrogen) atoms. The number of aliphatic carboxylic acids is 1. The lowest BCUT2D eigenvalue weighted by Crippen LogP contribution is -2.39. The van der Waals surface area contributed by atoms with Gasteiger partial charge < -0.3 is 20.8 Å². The molecule has 0 aliphatic rings. The average Bonchev–Trinajstić information content (AvgIpc) is 2.36. The molecule has 0 aliphatic heterocycles. The molecule has 1 rings (SSSR count). The SMILES string of the molecule is O=C(O)CNC(=O)CNC(=O)c1cc(F)ccc1O. The predicted molar refractivity (Wildman–Crippen MR) is 61.0 cm³/mol. The van der Waals surface area contributed by atoms with Crippen molar-refractivity contribution >= 4 is 17.8 Å². The van der Waals surface area contributed by atoms with Crippen LogP contribution in [-0.4, -0.2) is 41.1 Å². The van der Waals surface area contributed by atoms with Crippen molar-refractivity contribution in [3.8, 4) is 5.75 Å². The van der Waals surface area contributed by atoms with E-state index in [2.05, 4.69) is 5.32 Å². The number of amides is 2. The third-order valence-electron chi connectivity index (χ3n) is 2.05. The molecule has 0 spiro atoms. The van der Waals surface area contributed by atoms with Gasteiger partial charge in [0.2, 0.25) is 5.91 Å². The molecule has 4 N–H and O–H groups in total. The Morgan fingerprint density at radius 1 is 1.16 bits per heavy atom. The number of phenols is 1. The van der Waals surface area contributed by atoms with Crippen molar-refractivity contribution in [2.75, 3.05) is 13.1 Å². The molecule has 0 radical (unpaired) electrons. The molecule has 0 saturated heterocycles. The number of carboxylic acid groups (broad SMARTS) is 1. The molecule has 0 fully saturated rings. The van der Waals surface area contributed by atoms with Crippen LogP contribution in [0.4, 0.5) is 4.39 Å². The normalized spacial score (nSPS) is 9.74. The number of hydrogen-bond donors (Lipinski definition) is 4. The Morgan fingerprint density at radius 2 is 1.84 bits per heavy atom. The first-order chi connectivity index (χ1) is 8.90. The molecule has 0 bridgehead atoms. The second-order valence-corrected chi connectivity index (χ2v) is 3.51. The van der Waals surface area contributed by atoms with E-state index in [-0.39, 0.29) is 5.56 Å². The second kappa shape index (κ2) is 6.34. The van der Waals surface area contributed by atoms with Crippen LogP contribution in [0.1, 0.15) is 10.4 Å². The third-order valence-corrected chi connectivity index (χ3v) is 2.05. The zero-order chi connectivity index (χ0) is 14.4. The molecule has 1 aromatic carbocycles. The molecule has 1 aromatic rings. The third kappa shape index (κ3) is 4.62. The van der Waals surface area contributed by atoms with Crippen molar-refractivity contribution < 1.29 is 29.0 Å². The lowest BCUT2D eigenvalue weighted by molar-refractivity contribution is -0.137. The van der Waals surface area contributed by atoms with E-state index < -0.39 is 42.4 Å². The van der Waals surface area contributed by atoms with E-state index in [0.29, 0.717) is 0 Å². The Kier molecular flexibility index (Phi) is 4.81. The predicted octanol–water partition coefficient (Wildman–Crippen LogP) is -0.538. The summed E-state index contributed by atoms with van der Waals surface area (Å²) in [6, 6.07) is 2.81. The number of halogens is 1. The van der Waals surface area contributed by atoms with Gasteiger partial charge >= 0.3 is 5.97 Å². The minimum Gasteiger partial charge on any atom is -0.507 e. The number of hydrogen-bond acceptors (Lipinski definition) is 4. The zero-order valence-corrected chi connectivity index (χ0v) is 9.64. The van der Waals surface area contributed by atoms with Crippen molar-refractivity contribution in [3.63, 3.8) is 0 Å². The molecule has 2 amide bonds. The summed E-state index contributed by atoms with van der Waals surface area (Å²) in [6.07, 6.45) is 0. The molecule has 0 aromatic heterocycles. The fourth-order valence-electron chi connectivity index (χ4n) is 1.18. The molecule has 8 heteroatoms. The highest BCUT2D eigenvalue weighted by molar-refractivity contribution is 5.98. The van der Waals surface area contributed by atoms with E-state index >= 15 is 0 Å². The van der Waals surface area contributed by atoms with E-state index in [9.17, 15) is 23.9 Å². The second-order valence-electron chi connectivity index (χ2n) is 3.51. The van der Waals surface area contributed by atoms with Crippen molar-refractivity contribution in [1.82, 2.24) is 10.6 Å². The van der Waals surface area contributed by atoms with Crippen LogP contribution in [0.5, 0.6) is 5.75 Å². The number of benzene rings is 1. The van der Waals surface area contributed by atoms with Crippen LogP contribution in [0.15, 0.2) is 18.2 Å². The highest BCUT2D eigenvalue weighted by atomic mass is 19.1. The van der Waals surface area contributed by atoms with Crippen molar-refractivity contribution in [2.24, 2.45) is 0 Å². The van der Waals surface area contributed by atoms with Gasteiger partial charge in [-0.3, -0.25) is 14.4 Å². The first kappa shape index (κ1) is 14.4. The van der Waals surface area contributed by atoms with Gasteiger partial charge in [-0.05, 0) is 18.2 Å². The fourth-order valence-corrected chi connectivity index (χ4v) is 1.18. The maximum absolute atomic E-state index is 12.9. The standard InChI is InChI=1S/C11H11FN2O5/c12-6-1-2-8(15)7(3-6)11(19)14-4-9(16)13-5-10(17)18/h1-3,15H,4-5H2,(H,13,16)(H,14,19)(H,17,18). The lowest BCUT2D eigenvalue weighted by Gasteiger charge is -2.06. The summed E-state index contributed by atoms with van der Waals surface area (Å²) < 4.78 is 12.9. The molecule has 7 nitrogen and oxygen atoms in total. The Labute approximate surface area is 107 Å². The van der Waals surface area contributed by atoms with E-state index in [1.165, 1.54) is 0 Å². The molecule has 102 valence electrons. The van der Waals surface area contributed by atoms with Crippen LogP contribution < -0.4 is 10.6 Å². The van der Waals surface area contributed by atoms with Gasteiger partial charge in [-0.2, -0.15) is 0 Å². The van der Waals surface area contributed by atoms with E-state index in [4.69, 9.17) is 5.11 Å². The van der Waals surface area contributed by atoms with E-state index in [1.807, 2.05) is 5.32 Å². The summed E-state index contributed by atoms with van der Waals surface area (Å²) in [6.45, 7) is -1.05. The van der Waals surface area contributed by atoms with Crippen LogP contribution in [0.3, 0.4) is 0 Å². The number of phenolic OH excluding ortho intramolecular Hbond substituents is 1. The Hall–Kier alpha value is -2.64. The number of carbonyl (C=O) groups is 3. The van der Waals surface area contributed by atoms with Gasteiger partial charge in [-0.1, -0.05) is 0 Å². The van der Waals surface area contributed by atoms with Gasteiger partial charge in [0, 0.05) is 0 Å². The van der Waals surface area contributed by atoms with E-state index in [1.54, 1.807) is 0 Å². The highest BCUT2D eigenvalue weighted by Crippen LogP contribution is 2.17. The maximum Gasteiger partial charge on any atom is 0.322 e. The lowest BCUT2D eigenvalue weighted by atomic mass is 10.2. The van der Waals surface area contributed by atoms with Crippen molar-refractivity contribution in [1.29, 1.82) is 0 Å². The molecule has 0 saturated carbocycles. The molecular formula is C11H11FN2O5. The summed E-state index contributed by atoms with van der Waals surface area (Å²) in [4.78, 5) is 32.8. The summed E-state index contributed by atoms with van der Waals surface area (Å²) in [5.74, 6) is -3.92. The summed E-state index contributed by atoms with van der Waals surface area (Å²) in [5, 5.41) is 21.8. The fraction of sp³-hybridized carbons (Fsp3) is 0.182. The number of rotatable bonds is 5. The van der Waals surface area contributed by atoms with Crippen molar-refractivity contribution in [3.05, 3.63) is 29.6 Å². The first-order valence-corrected chi connectivity index (χ1v) is 5.15. The number of carbonyl (C=O) groups excluding carboxylic acids is 2. The van der Waals surface area contributed by atoms with Gasteiger partial charge in [0.15, 0.2) is 0 Å². The number of carboxylic acids is 1. The molecule has 0 aliphatic carbocycles. The topological polar surface area (TPSA) is 116 Å². The first-order valence-electron chi connectivity index (χ1n) is 5.15. The zero-order valence-electron chi connectivity index (χ0n) is 9.64. The van der Waals surface area contributed by atoms with Gasteiger partial charge in [-0.25, -0.2) is 4.39 Å². The summed E-state index contributed by atoms with van der Waals surface area (Å²) >= 11 is 0. The largest absolute Gasteiger partial charge is 0.507 e. The maximum atomic E-state index is 12.9. The van der Waals surface area contributed by atoms with Gasteiger partial charge in [0.1, 0.15) is 18.1 Å². The minimum absolute atomic E-state index is 0.314. The molecule has 0 heterocycles. The van der Waals surface area contributed by atoms with Crippen molar-refractivity contribution in [2.45, 2.75) is 0 Å². The van der Waals surface area contributed by atoms with Crippen LogP contribution in [-0.2, 0) is 9.59 Å². The number of nitrogens with one attached hydrogen (secondary N) is 2. The molecular weight excluding hydrogens is 259 g/mol. The summed E-state index contributed by atoms with van der Waals surface area (Å²) in [5.41, 5.74) is -0.314. The smallest absolute Gasteiger partial charge is 0.322 e. The monoisotopic (exact) mass is 270 g/mol. The van der Waals surface area contributed by atoms with Gasteiger partial charge in [0.25, 0.3) is 5.91 Å². The molecule has 0 unspecified atom stereocenters. The average molecular weight is 270 g/mol. The Bertz CT molecular complexity index is 518. The Balaban J connectivity index is 2.53. The van der Waals surface area contributed by atoms with Gasteiger partial charge in [0.05, 0.1) is 12.1 Å². The van der Waals surface area contributed by atoms with Crippen LogP contribution >= 0.6 is 0 Å². The highest BCUT2D eigenvalue weighted by Gasteiger charge is 2.13. The van der Waals surface area contributed by atoms with Crippen LogP contribution in [0, 0.1) is 5.82 Å². The number of aromatic hydroxyl groups is 1. The summed E-state index contributed by atoms with van der Waals surface area (Å²) in [7, 11) is 0.